The van der Waals surface area contributed by atoms with Crippen LogP contribution in [-0.2, 0) is 11.2 Å². The third-order valence-electron chi connectivity index (χ3n) is 6.89. The summed E-state index contributed by atoms with van der Waals surface area (Å²) < 4.78 is 16.7. The van der Waals surface area contributed by atoms with Gasteiger partial charge in [-0.15, -0.1) is 0 Å². The standard InChI is InChI=1S/C26H24FN5O2/c27-21-14-18(19-9-11-28-22-4-2-1-3-20(19)22)7-8-23(21)32-24(29-30-26(32)34)13-16-10-12-31(15-16)25(33)17-5-6-17/h1-4,7-9,11,14,16-17H,5-6,10,12-13,15H2,(H,30,34). The van der Waals surface area contributed by atoms with Gasteiger partial charge < -0.3 is 4.90 Å². The number of nitrogens with zero attached hydrogens (tertiary/aromatic N) is 4. The largest absolute Gasteiger partial charge is 0.348 e. The molecule has 1 aliphatic heterocycles. The van der Waals surface area contributed by atoms with E-state index in [0.29, 0.717) is 24.4 Å². The van der Waals surface area contributed by atoms with E-state index in [-0.39, 0.29) is 23.4 Å². The van der Waals surface area contributed by atoms with Crippen molar-refractivity contribution in [3.63, 3.8) is 0 Å². The number of carbonyl (C=O) groups excluding carboxylic acids is 1. The van der Waals surface area contributed by atoms with Crippen molar-refractivity contribution in [2.75, 3.05) is 13.1 Å². The molecule has 1 saturated carbocycles. The predicted molar refractivity (Wildman–Crippen MR) is 126 cm³/mol. The van der Waals surface area contributed by atoms with Crippen molar-refractivity contribution >= 4 is 16.8 Å². The molecular formula is C26H24FN5O2. The lowest BCUT2D eigenvalue weighted by Gasteiger charge is -2.16. The van der Waals surface area contributed by atoms with Crippen molar-refractivity contribution in [2.24, 2.45) is 11.8 Å². The van der Waals surface area contributed by atoms with E-state index in [2.05, 4.69) is 15.2 Å². The second-order valence-electron chi connectivity index (χ2n) is 9.24. The number of fused-ring (bicyclic) bond motifs is 1. The van der Waals surface area contributed by atoms with Gasteiger partial charge in [0.25, 0.3) is 0 Å². The number of rotatable bonds is 5. The third-order valence-corrected chi connectivity index (χ3v) is 6.89. The van der Waals surface area contributed by atoms with Gasteiger partial charge >= 0.3 is 5.69 Å². The van der Waals surface area contributed by atoms with Crippen LogP contribution in [0.1, 0.15) is 25.1 Å². The maximum atomic E-state index is 15.4. The van der Waals surface area contributed by atoms with Gasteiger partial charge in [-0.25, -0.2) is 18.9 Å². The quantitative estimate of drug-likeness (QED) is 0.495. The maximum Gasteiger partial charge on any atom is 0.348 e. The van der Waals surface area contributed by atoms with Gasteiger partial charge in [-0.2, -0.15) is 5.10 Å². The summed E-state index contributed by atoms with van der Waals surface area (Å²) in [5, 5.41) is 7.59. The van der Waals surface area contributed by atoms with E-state index < -0.39 is 11.5 Å². The third kappa shape index (κ3) is 3.69. The fourth-order valence-corrected chi connectivity index (χ4v) is 4.96. The van der Waals surface area contributed by atoms with Crippen LogP contribution in [0.4, 0.5) is 4.39 Å². The summed E-state index contributed by atoms with van der Waals surface area (Å²) in [5.41, 5.74) is 2.12. The zero-order valence-electron chi connectivity index (χ0n) is 18.6. The molecule has 6 rings (SSSR count). The van der Waals surface area contributed by atoms with E-state index in [1.807, 2.05) is 41.3 Å². The van der Waals surface area contributed by atoms with Crippen LogP contribution in [-0.4, -0.2) is 43.6 Å². The topological polar surface area (TPSA) is 83.9 Å². The highest BCUT2D eigenvalue weighted by atomic mass is 19.1. The molecule has 7 nitrogen and oxygen atoms in total. The highest BCUT2D eigenvalue weighted by Gasteiger charge is 2.37. The van der Waals surface area contributed by atoms with Crippen LogP contribution in [0.3, 0.4) is 0 Å². The number of aromatic amines is 1. The highest BCUT2D eigenvalue weighted by Crippen LogP contribution is 2.34. The van der Waals surface area contributed by atoms with E-state index in [0.717, 1.165) is 42.3 Å². The number of para-hydroxylation sites is 1. The fraction of sp³-hybridized carbons (Fsp3) is 0.308. The zero-order valence-corrected chi connectivity index (χ0v) is 18.6. The number of carbonyl (C=O) groups is 1. The Bertz CT molecular complexity index is 1450. The minimum atomic E-state index is -0.500. The molecule has 1 atom stereocenters. The number of aromatic nitrogens is 4. The van der Waals surface area contributed by atoms with Crippen molar-refractivity contribution in [2.45, 2.75) is 25.7 Å². The van der Waals surface area contributed by atoms with Gasteiger partial charge in [0.05, 0.1) is 11.2 Å². The van der Waals surface area contributed by atoms with E-state index >= 15 is 4.39 Å². The first-order chi connectivity index (χ1) is 16.6. The minimum absolute atomic E-state index is 0.166. The van der Waals surface area contributed by atoms with Gasteiger partial charge in [0, 0.05) is 37.0 Å². The molecule has 3 heterocycles. The molecule has 1 saturated heterocycles. The Morgan fingerprint density at radius 1 is 1.12 bits per heavy atom. The molecule has 2 aliphatic rings. The number of hydrogen-bond acceptors (Lipinski definition) is 4. The first-order valence-electron chi connectivity index (χ1n) is 11.7. The molecule has 4 aromatic rings. The second-order valence-corrected chi connectivity index (χ2v) is 9.24. The van der Waals surface area contributed by atoms with E-state index in [9.17, 15) is 9.59 Å². The second kappa shape index (κ2) is 8.20. The number of pyridine rings is 1. The molecule has 2 aromatic heterocycles. The Balaban J connectivity index is 1.29. The monoisotopic (exact) mass is 457 g/mol. The summed E-state index contributed by atoms with van der Waals surface area (Å²) in [6.45, 7) is 1.39. The van der Waals surface area contributed by atoms with E-state index in [1.165, 1.54) is 10.6 Å². The number of nitrogens with one attached hydrogen (secondary N) is 1. The summed E-state index contributed by atoms with van der Waals surface area (Å²) in [6, 6.07) is 14.5. The van der Waals surface area contributed by atoms with Gasteiger partial charge in [0.2, 0.25) is 5.91 Å². The Morgan fingerprint density at radius 3 is 2.79 bits per heavy atom. The molecule has 1 amide bonds. The van der Waals surface area contributed by atoms with Crippen LogP contribution in [0.25, 0.3) is 27.7 Å². The van der Waals surface area contributed by atoms with Crippen LogP contribution in [0.5, 0.6) is 0 Å². The number of likely N-dealkylation sites (tertiary alicyclic amines) is 1. The molecule has 1 unspecified atom stereocenters. The molecule has 8 heteroatoms. The average Bonchev–Trinajstić information content (AvgIpc) is 3.50. The predicted octanol–water partition coefficient (Wildman–Crippen LogP) is 3.72. The van der Waals surface area contributed by atoms with Crippen LogP contribution in [0.2, 0.25) is 0 Å². The van der Waals surface area contributed by atoms with Gasteiger partial charge in [-0.1, -0.05) is 24.3 Å². The summed E-state index contributed by atoms with van der Waals surface area (Å²) in [5.74, 6) is 0.624. The SMILES string of the molecule is O=C(C1CC1)N1CCC(Cc2n[nH]c(=O)n2-c2ccc(-c3ccnc4ccccc34)cc2F)C1. The zero-order chi connectivity index (χ0) is 23.2. The van der Waals surface area contributed by atoms with Crippen molar-refractivity contribution < 1.29 is 9.18 Å². The Morgan fingerprint density at radius 2 is 1.97 bits per heavy atom. The summed E-state index contributed by atoms with van der Waals surface area (Å²) in [7, 11) is 0. The lowest BCUT2D eigenvalue weighted by molar-refractivity contribution is -0.131. The van der Waals surface area contributed by atoms with E-state index in [1.54, 1.807) is 12.3 Å². The molecule has 2 aromatic carbocycles. The van der Waals surface area contributed by atoms with Gasteiger partial charge in [-0.3, -0.25) is 9.78 Å². The smallest absolute Gasteiger partial charge is 0.342 e. The number of amides is 1. The molecule has 1 aliphatic carbocycles. The molecule has 1 N–H and O–H groups in total. The number of benzene rings is 2. The molecular weight excluding hydrogens is 433 g/mol. The summed E-state index contributed by atoms with van der Waals surface area (Å²) >= 11 is 0. The molecule has 34 heavy (non-hydrogen) atoms. The molecule has 0 spiro atoms. The maximum absolute atomic E-state index is 15.4. The van der Waals surface area contributed by atoms with Gasteiger partial charge in [0.1, 0.15) is 11.6 Å². The Labute approximate surface area is 195 Å². The Hall–Kier alpha value is -3.81. The molecule has 0 bridgehead atoms. The van der Waals surface area contributed by atoms with Gasteiger partial charge in [-0.05, 0) is 60.6 Å². The highest BCUT2D eigenvalue weighted by molar-refractivity contribution is 5.94. The lowest BCUT2D eigenvalue weighted by Crippen LogP contribution is -2.30. The van der Waals surface area contributed by atoms with Crippen molar-refractivity contribution in [1.29, 1.82) is 0 Å². The van der Waals surface area contributed by atoms with Crippen LogP contribution in [0, 0.1) is 17.7 Å². The van der Waals surface area contributed by atoms with Crippen LogP contribution >= 0.6 is 0 Å². The van der Waals surface area contributed by atoms with Crippen LogP contribution < -0.4 is 5.69 Å². The Kier molecular flexibility index (Phi) is 5.01. The summed E-state index contributed by atoms with van der Waals surface area (Å²) in [4.78, 5) is 31.2. The number of H-pyrrole nitrogens is 1. The van der Waals surface area contributed by atoms with Crippen molar-refractivity contribution in [3.05, 3.63) is 76.9 Å². The normalized spacial score (nSPS) is 18.0. The van der Waals surface area contributed by atoms with E-state index in [4.69, 9.17) is 0 Å². The summed E-state index contributed by atoms with van der Waals surface area (Å²) in [6.07, 6.45) is 5.05. The van der Waals surface area contributed by atoms with Crippen molar-refractivity contribution in [3.8, 4) is 16.8 Å². The van der Waals surface area contributed by atoms with Gasteiger partial charge in [0.15, 0.2) is 0 Å². The molecule has 2 fully saturated rings. The van der Waals surface area contributed by atoms with Crippen molar-refractivity contribution in [1.82, 2.24) is 24.6 Å². The van der Waals surface area contributed by atoms with Crippen LogP contribution in [0.15, 0.2) is 59.5 Å². The molecule has 0 radical (unpaired) electrons. The molecule has 172 valence electrons. The fourth-order valence-electron chi connectivity index (χ4n) is 4.96. The number of hydrogen-bond donors (Lipinski definition) is 1. The lowest BCUT2D eigenvalue weighted by atomic mass is 10.0. The minimum Gasteiger partial charge on any atom is -0.342 e. The number of halogens is 1. The first kappa shape index (κ1) is 20.8. The first-order valence-corrected chi connectivity index (χ1v) is 11.7. The average molecular weight is 458 g/mol.